The van der Waals surface area contributed by atoms with Crippen molar-refractivity contribution in [2.24, 2.45) is 0 Å². The first-order valence-corrected chi connectivity index (χ1v) is 9.03. The SMILES string of the molecule is O=C(c1ccc(Cl)cc1)N1CCC[C@@H](OCc2ccc(C(F)(F)F)cc2)C1. The lowest BCUT2D eigenvalue weighted by Gasteiger charge is -2.32. The normalized spacial score (nSPS) is 17.8. The summed E-state index contributed by atoms with van der Waals surface area (Å²) in [5, 5.41) is 0.572. The van der Waals surface area contributed by atoms with Gasteiger partial charge in [0.05, 0.1) is 18.3 Å². The number of benzene rings is 2. The number of amides is 1. The lowest BCUT2D eigenvalue weighted by Crippen LogP contribution is -2.43. The molecule has 27 heavy (non-hydrogen) atoms. The van der Waals surface area contributed by atoms with Gasteiger partial charge in [-0.2, -0.15) is 13.2 Å². The van der Waals surface area contributed by atoms with Gasteiger partial charge in [0.15, 0.2) is 0 Å². The molecule has 1 aliphatic heterocycles. The smallest absolute Gasteiger partial charge is 0.372 e. The number of nitrogens with zero attached hydrogens (tertiary/aromatic N) is 1. The van der Waals surface area contributed by atoms with Crippen LogP contribution >= 0.6 is 11.6 Å². The molecule has 0 aliphatic carbocycles. The Morgan fingerprint density at radius 1 is 1.11 bits per heavy atom. The second-order valence-electron chi connectivity index (χ2n) is 6.53. The van der Waals surface area contributed by atoms with E-state index in [1.807, 2.05) is 0 Å². The van der Waals surface area contributed by atoms with Gasteiger partial charge in [0.2, 0.25) is 0 Å². The Kier molecular flexibility index (Phi) is 6.07. The molecule has 0 radical (unpaired) electrons. The molecular formula is C20H19ClF3NO2. The van der Waals surface area contributed by atoms with E-state index in [2.05, 4.69) is 0 Å². The third-order valence-corrected chi connectivity index (χ3v) is 4.78. The van der Waals surface area contributed by atoms with Crippen LogP contribution in [0.15, 0.2) is 48.5 Å². The lowest BCUT2D eigenvalue weighted by molar-refractivity contribution is -0.137. The summed E-state index contributed by atoms with van der Waals surface area (Å²) in [4.78, 5) is 14.3. The predicted octanol–water partition coefficient (Wildman–Crippen LogP) is 5.18. The zero-order valence-corrected chi connectivity index (χ0v) is 15.3. The third kappa shape index (κ3) is 5.23. The second kappa shape index (κ2) is 8.31. The summed E-state index contributed by atoms with van der Waals surface area (Å²) in [6.45, 7) is 1.33. The quantitative estimate of drug-likeness (QED) is 0.711. The molecule has 1 aliphatic rings. The van der Waals surface area contributed by atoms with E-state index >= 15 is 0 Å². The number of hydrogen-bond donors (Lipinski definition) is 0. The Morgan fingerprint density at radius 3 is 2.41 bits per heavy atom. The van der Waals surface area contributed by atoms with Crippen LogP contribution in [0.25, 0.3) is 0 Å². The van der Waals surface area contributed by atoms with E-state index < -0.39 is 11.7 Å². The predicted molar refractivity (Wildman–Crippen MR) is 96.6 cm³/mol. The average Bonchev–Trinajstić information content (AvgIpc) is 2.66. The summed E-state index contributed by atoms with van der Waals surface area (Å²) in [5.41, 5.74) is 0.565. The molecule has 0 unspecified atom stereocenters. The van der Waals surface area contributed by atoms with Gasteiger partial charge in [-0.05, 0) is 54.8 Å². The van der Waals surface area contributed by atoms with Crippen molar-refractivity contribution in [1.82, 2.24) is 4.90 Å². The number of carbonyl (C=O) groups is 1. The van der Waals surface area contributed by atoms with E-state index in [1.165, 1.54) is 12.1 Å². The Balaban J connectivity index is 1.55. The van der Waals surface area contributed by atoms with Crippen LogP contribution in [0.5, 0.6) is 0 Å². The maximum Gasteiger partial charge on any atom is 0.416 e. The Labute approximate surface area is 160 Å². The molecule has 0 spiro atoms. The van der Waals surface area contributed by atoms with Crippen LogP contribution in [0.4, 0.5) is 13.2 Å². The summed E-state index contributed by atoms with van der Waals surface area (Å²) in [6.07, 6.45) is -2.86. The zero-order chi connectivity index (χ0) is 19.4. The molecule has 0 aromatic heterocycles. The number of likely N-dealkylation sites (tertiary alicyclic amines) is 1. The Morgan fingerprint density at radius 2 is 1.78 bits per heavy atom. The highest BCUT2D eigenvalue weighted by Gasteiger charge is 2.30. The number of hydrogen-bond acceptors (Lipinski definition) is 2. The first-order chi connectivity index (χ1) is 12.8. The van der Waals surface area contributed by atoms with Gasteiger partial charge in [-0.1, -0.05) is 23.7 Å². The molecule has 0 bridgehead atoms. The number of halogens is 4. The van der Waals surface area contributed by atoms with Gasteiger partial charge in [0.1, 0.15) is 0 Å². The summed E-state index contributed by atoms with van der Waals surface area (Å²) < 4.78 is 43.6. The number of carbonyl (C=O) groups excluding carboxylic acids is 1. The van der Waals surface area contributed by atoms with Crippen molar-refractivity contribution in [1.29, 1.82) is 0 Å². The van der Waals surface area contributed by atoms with Crippen molar-refractivity contribution < 1.29 is 22.7 Å². The molecule has 3 nitrogen and oxygen atoms in total. The standard InChI is InChI=1S/C20H19ClF3NO2/c21-17-9-5-15(6-10-17)19(26)25-11-1-2-18(12-25)27-13-14-3-7-16(8-4-14)20(22,23)24/h3-10,18H,1-2,11-13H2/t18-/m1/s1. The first-order valence-electron chi connectivity index (χ1n) is 8.65. The van der Waals surface area contributed by atoms with Crippen molar-refractivity contribution in [2.75, 3.05) is 13.1 Å². The third-order valence-electron chi connectivity index (χ3n) is 4.52. The highest BCUT2D eigenvalue weighted by atomic mass is 35.5. The Bertz CT molecular complexity index is 775. The van der Waals surface area contributed by atoms with Crippen LogP contribution in [0, 0.1) is 0 Å². The molecule has 144 valence electrons. The molecule has 3 rings (SSSR count). The van der Waals surface area contributed by atoms with Crippen LogP contribution in [0.1, 0.15) is 34.3 Å². The topological polar surface area (TPSA) is 29.5 Å². The first kappa shape index (κ1) is 19.7. The maximum atomic E-state index is 12.6. The van der Waals surface area contributed by atoms with Gasteiger partial charge in [-0.25, -0.2) is 0 Å². The number of ether oxygens (including phenoxy) is 1. The fourth-order valence-corrected chi connectivity index (χ4v) is 3.16. The van der Waals surface area contributed by atoms with E-state index in [4.69, 9.17) is 16.3 Å². The van der Waals surface area contributed by atoms with E-state index in [9.17, 15) is 18.0 Å². The van der Waals surface area contributed by atoms with Crippen LogP contribution in [-0.2, 0) is 17.5 Å². The van der Waals surface area contributed by atoms with E-state index in [0.717, 1.165) is 25.0 Å². The summed E-state index contributed by atoms with van der Waals surface area (Å²) in [7, 11) is 0. The molecule has 1 amide bonds. The van der Waals surface area contributed by atoms with E-state index in [-0.39, 0.29) is 18.6 Å². The van der Waals surface area contributed by atoms with Crippen molar-refractivity contribution in [2.45, 2.75) is 31.7 Å². The fraction of sp³-hybridized carbons (Fsp3) is 0.350. The molecule has 0 N–H and O–H groups in total. The molecule has 7 heteroatoms. The lowest BCUT2D eigenvalue weighted by atomic mass is 10.1. The molecule has 1 atom stereocenters. The van der Waals surface area contributed by atoms with Crippen molar-refractivity contribution in [3.8, 4) is 0 Å². The highest BCUT2D eigenvalue weighted by molar-refractivity contribution is 6.30. The van der Waals surface area contributed by atoms with Crippen LogP contribution < -0.4 is 0 Å². The number of rotatable bonds is 4. The highest BCUT2D eigenvalue weighted by Crippen LogP contribution is 2.29. The minimum atomic E-state index is -4.34. The summed E-state index contributed by atoms with van der Waals surface area (Å²) in [6, 6.07) is 11.7. The van der Waals surface area contributed by atoms with E-state index in [0.29, 0.717) is 29.2 Å². The van der Waals surface area contributed by atoms with Crippen molar-refractivity contribution in [3.63, 3.8) is 0 Å². The summed E-state index contributed by atoms with van der Waals surface area (Å²) in [5.74, 6) is -0.0745. The van der Waals surface area contributed by atoms with Crippen molar-refractivity contribution in [3.05, 3.63) is 70.2 Å². The number of piperidine rings is 1. The van der Waals surface area contributed by atoms with Gasteiger partial charge >= 0.3 is 6.18 Å². The Hall–Kier alpha value is -2.05. The number of alkyl halides is 3. The molecule has 1 saturated heterocycles. The molecule has 2 aromatic carbocycles. The van der Waals surface area contributed by atoms with E-state index in [1.54, 1.807) is 29.2 Å². The fourth-order valence-electron chi connectivity index (χ4n) is 3.04. The van der Waals surface area contributed by atoms with Gasteiger partial charge in [0, 0.05) is 23.7 Å². The second-order valence-corrected chi connectivity index (χ2v) is 6.96. The van der Waals surface area contributed by atoms with Gasteiger partial charge < -0.3 is 9.64 Å². The van der Waals surface area contributed by atoms with Crippen LogP contribution in [0.3, 0.4) is 0 Å². The van der Waals surface area contributed by atoms with Gasteiger partial charge in [0.25, 0.3) is 5.91 Å². The largest absolute Gasteiger partial charge is 0.416 e. The molecular weight excluding hydrogens is 379 g/mol. The van der Waals surface area contributed by atoms with Crippen molar-refractivity contribution >= 4 is 17.5 Å². The average molecular weight is 398 g/mol. The molecule has 2 aromatic rings. The minimum absolute atomic E-state index is 0.0745. The summed E-state index contributed by atoms with van der Waals surface area (Å²) >= 11 is 5.85. The molecule has 0 saturated carbocycles. The zero-order valence-electron chi connectivity index (χ0n) is 14.5. The minimum Gasteiger partial charge on any atom is -0.372 e. The molecule has 1 heterocycles. The van der Waals surface area contributed by atoms with Gasteiger partial charge in [-0.15, -0.1) is 0 Å². The van der Waals surface area contributed by atoms with Crippen LogP contribution in [-0.4, -0.2) is 30.0 Å². The maximum absolute atomic E-state index is 12.6. The monoisotopic (exact) mass is 397 g/mol. The molecule has 1 fully saturated rings. The van der Waals surface area contributed by atoms with Crippen LogP contribution in [0.2, 0.25) is 5.02 Å². The van der Waals surface area contributed by atoms with Gasteiger partial charge in [-0.3, -0.25) is 4.79 Å².